The van der Waals surface area contributed by atoms with Crippen LogP contribution < -0.4 is 15.7 Å². The molecule has 0 radical (unpaired) electrons. The first kappa shape index (κ1) is 41.6. The third kappa shape index (κ3) is 10.5. The molecule has 0 amide bonds. The van der Waals surface area contributed by atoms with E-state index in [0.29, 0.717) is 24.1 Å². The largest absolute Gasteiger partial charge is 0.508 e. The number of phenolic OH excluding ortho intramolecular Hbond substituents is 1. The molecule has 6 rings (SSSR count). The van der Waals surface area contributed by atoms with E-state index in [1.165, 1.54) is 6.07 Å². The van der Waals surface area contributed by atoms with Gasteiger partial charge in [0.1, 0.15) is 11.5 Å². The Balaban J connectivity index is 0.000000197. The molecule has 53 heavy (non-hydrogen) atoms. The van der Waals surface area contributed by atoms with Gasteiger partial charge in [0.15, 0.2) is 0 Å². The van der Waals surface area contributed by atoms with Crippen LogP contribution in [0.25, 0.3) is 0 Å². The highest BCUT2D eigenvalue weighted by Gasteiger charge is 2.52. The van der Waals surface area contributed by atoms with Crippen molar-refractivity contribution in [2.45, 2.75) is 90.1 Å². The Kier molecular flexibility index (Phi) is 12.0. The molecular weight excluding hydrogens is 711 g/mol. The molecule has 2 aromatic carbocycles. The molecule has 0 spiro atoms. The summed E-state index contributed by atoms with van der Waals surface area (Å²) in [6.45, 7) is 16.0. The van der Waals surface area contributed by atoms with Crippen LogP contribution in [0.4, 0.5) is 30.7 Å². The number of nitrogens with zero attached hydrogens (tertiary/aromatic N) is 2. The van der Waals surface area contributed by atoms with Gasteiger partial charge < -0.3 is 28.5 Å². The molecule has 0 atom stereocenters. The second-order valence-corrected chi connectivity index (χ2v) is 14.2. The van der Waals surface area contributed by atoms with Gasteiger partial charge in [-0.15, -0.1) is 0 Å². The molecule has 4 heterocycles. The molecule has 2 aromatic heterocycles. The highest BCUT2D eigenvalue weighted by molar-refractivity contribution is 6.62. The number of ether oxygens (including phenoxy) is 1. The maximum Gasteiger partial charge on any atom is 0.494 e. The molecule has 0 saturated carbocycles. The number of halogens is 7. The summed E-state index contributed by atoms with van der Waals surface area (Å²) in [5, 5.41) is 9.22. The first-order chi connectivity index (χ1) is 24.3. The van der Waals surface area contributed by atoms with Crippen LogP contribution in [0.5, 0.6) is 17.4 Å². The smallest absolute Gasteiger partial charge is 0.494 e. The normalized spacial score (nSPS) is 18.4. The van der Waals surface area contributed by atoms with Crippen LogP contribution in [0.3, 0.4) is 0 Å². The van der Waals surface area contributed by atoms with Crippen molar-refractivity contribution in [2.24, 2.45) is 0 Å². The number of rotatable bonds is 4. The Bertz CT molecular complexity index is 1770. The van der Waals surface area contributed by atoms with Gasteiger partial charge in [-0.05, 0) is 109 Å². The van der Waals surface area contributed by atoms with Gasteiger partial charge in [0.25, 0.3) is 0 Å². The van der Waals surface area contributed by atoms with Crippen molar-refractivity contribution >= 4 is 25.2 Å². The fourth-order valence-electron chi connectivity index (χ4n) is 4.56. The number of hydrogen-bond acceptors (Lipinski definition) is 8. The average Bonchev–Trinajstić information content (AvgIpc) is 3.41. The number of alkyl halides is 6. The van der Waals surface area contributed by atoms with Crippen LogP contribution in [0.1, 0.15) is 66.5 Å². The van der Waals surface area contributed by atoms with Crippen LogP contribution in [-0.4, -0.2) is 51.7 Å². The van der Waals surface area contributed by atoms with Crippen molar-refractivity contribution in [1.29, 1.82) is 0 Å². The summed E-state index contributed by atoms with van der Waals surface area (Å²) in [6, 6.07) is 17.3. The summed E-state index contributed by atoms with van der Waals surface area (Å²) >= 11 is 0. The Labute approximate surface area is 303 Å². The van der Waals surface area contributed by atoms with E-state index >= 15 is 0 Å². The van der Waals surface area contributed by atoms with Crippen LogP contribution in [0.15, 0.2) is 85.2 Å². The topological polar surface area (TPSA) is 92.2 Å². The number of aromatic hydroxyl groups is 1. The van der Waals surface area contributed by atoms with Gasteiger partial charge in [-0.25, -0.2) is 9.97 Å². The van der Waals surface area contributed by atoms with Gasteiger partial charge in [-0.2, -0.15) is 30.7 Å². The van der Waals surface area contributed by atoms with Crippen molar-refractivity contribution in [3.63, 3.8) is 0 Å². The summed E-state index contributed by atoms with van der Waals surface area (Å²) in [5.74, 6) is -0.128. The first-order valence-electron chi connectivity index (χ1n) is 16.3. The van der Waals surface area contributed by atoms with Crippen molar-refractivity contribution in [3.05, 3.63) is 102 Å². The quantitative estimate of drug-likeness (QED) is 0.127. The highest BCUT2D eigenvalue weighted by Crippen LogP contribution is 2.38. The molecule has 0 unspecified atom stereocenters. The summed E-state index contributed by atoms with van der Waals surface area (Å²) < 4.78 is 114. The maximum absolute atomic E-state index is 12.5. The zero-order valence-corrected chi connectivity index (χ0v) is 30.3. The van der Waals surface area contributed by atoms with Crippen molar-refractivity contribution < 1.29 is 59.2 Å². The van der Waals surface area contributed by atoms with Crippen molar-refractivity contribution in [2.75, 3.05) is 0 Å². The summed E-state index contributed by atoms with van der Waals surface area (Å²) in [5.41, 5.74) is -1.52. The SMILES string of the molecule is CC1(C)OB(c2ccc(O)cc2)OC1(C)C.CC1(C)OB(c2ccc(Oc3ccc(C(F)(F)F)cn3)cc2)OC1(C)C.Fc1ccc(C(F)(F)F)cn1. The molecule has 284 valence electrons. The van der Waals surface area contributed by atoms with Crippen LogP contribution >= 0.6 is 0 Å². The van der Waals surface area contributed by atoms with Crippen LogP contribution in [0.2, 0.25) is 0 Å². The molecule has 2 fully saturated rings. The molecule has 2 saturated heterocycles. The fraction of sp³-hybridized carbons (Fsp3) is 0.389. The lowest BCUT2D eigenvalue weighted by molar-refractivity contribution is -0.138. The lowest BCUT2D eigenvalue weighted by Crippen LogP contribution is -2.41. The van der Waals surface area contributed by atoms with Crippen molar-refractivity contribution in [1.82, 2.24) is 9.97 Å². The highest BCUT2D eigenvalue weighted by atomic mass is 19.4. The van der Waals surface area contributed by atoms with E-state index in [1.807, 2.05) is 67.5 Å². The van der Waals surface area contributed by atoms with E-state index in [4.69, 9.17) is 23.4 Å². The van der Waals surface area contributed by atoms with Gasteiger partial charge in [-0.1, -0.05) is 24.3 Å². The first-order valence-corrected chi connectivity index (χ1v) is 16.3. The van der Waals surface area contributed by atoms with Gasteiger partial charge in [0, 0.05) is 18.5 Å². The zero-order valence-electron chi connectivity index (χ0n) is 30.3. The minimum Gasteiger partial charge on any atom is -0.508 e. The predicted molar refractivity (Wildman–Crippen MR) is 184 cm³/mol. The molecule has 8 nitrogen and oxygen atoms in total. The molecule has 2 aliphatic heterocycles. The number of pyridine rings is 2. The molecule has 1 N–H and O–H groups in total. The Morgan fingerprint density at radius 2 is 0.925 bits per heavy atom. The van der Waals surface area contributed by atoms with E-state index in [2.05, 4.69) is 9.97 Å². The Morgan fingerprint density at radius 3 is 1.26 bits per heavy atom. The van der Waals surface area contributed by atoms with Crippen molar-refractivity contribution in [3.8, 4) is 17.4 Å². The third-order valence-electron chi connectivity index (χ3n) is 9.16. The van der Waals surface area contributed by atoms with E-state index in [1.54, 1.807) is 36.4 Å². The maximum atomic E-state index is 12.5. The predicted octanol–water partition coefficient (Wildman–Crippen LogP) is 8.12. The van der Waals surface area contributed by atoms with Crippen LogP contribution in [0, 0.1) is 5.95 Å². The van der Waals surface area contributed by atoms with E-state index in [0.717, 1.165) is 23.2 Å². The monoisotopic (exact) mass is 750 g/mol. The number of benzene rings is 2. The second-order valence-electron chi connectivity index (χ2n) is 14.2. The summed E-state index contributed by atoms with van der Waals surface area (Å²) in [7, 11) is -0.844. The zero-order chi connectivity index (χ0) is 39.6. The molecule has 0 aliphatic carbocycles. The van der Waals surface area contributed by atoms with E-state index in [-0.39, 0.29) is 29.9 Å². The summed E-state index contributed by atoms with van der Waals surface area (Å²) in [6.07, 6.45) is -7.67. The van der Waals surface area contributed by atoms with Gasteiger partial charge in [0.2, 0.25) is 11.8 Å². The fourth-order valence-corrected chi connectivity index (χ4v) is 4.56. The van der Waals surface area contributed by atoms with Gasteiger partial charge >= 0.3 is 26.6 Å². The number of phenols is 1. The van der Waals surface area contributed by atoms with E-state index in [9.17, 15) is 35.8 Å². The molecule has 2 aliphatic rings. The number of hydrogen-bond donors (Lipinski definition) is 1. The minimum absolute atomic E-state index is 0.0846. The lowest BCUT2D eigenvalue weighted by Gasteiger charge is -2.32. The molecule has 4 aromatic rings. The lowest BCUT2D eigenvalue weighted by atomic mass is 9.79. The minimum atomic E-state index is -4.44. The summed E-state index contributed by atoms with van der Waals surface area (Å²) in [4.78, 5) is 6.55. The molecular formula is C36H39B2F7N2O6. The number of aromatic nitrogens is 2. The Morgan fingerprint density at radius 1 is 0.547 bits per heavy atom. The van der Waals surface area contributed by atoms with Crippen LogP contribution in [-0.2, 0) is 31.0 Å². The second kappa shape index (κ2) is 15.3. The van der Waals surface area contributed by atoms with Gasteiger partial charge in [-0.3, -0.25) is 0 Å². The third-order valence-corrected chi connectivity index (χ3v) is 9.16. The molecule has 17 heteroatoms. The average molecular weight is 750 g/mol. The van der Waals surface area contributed by atoms with E-state index < -0.39 is 47.7 Å². The van der Waals surface area contributed by atoms with Gasteiger partial charge in [0.05, 0.1) is 33.5 Å². The Hall–Kier alpha value is -4.18. The molecule has 0 bridgehead atoms. The standard InChI is InChI=1S/C18H19BF3NO3.C12H17BO3.C6H3F4N/c1-16(2)17(3,4)26-19(25-16)13-6-8-14(9-7-13)24-15-10-5-12(11-23-15)18(20,21)22;1-11(2)12(3,4)16-13(15-11)9-5-7-10(14)8-6-9;7-5-2-1-4(3-11-5)6(8,9)10/h5-11H,1-4H3;5-8,14H,1-4H3;1-3H.